The van der Waals surface area contributed by atoms with E-state index in [2.05, 4.69) is 0 Å². The van der Waals surface area contributed by atoms with Crippen LogP contribution in [0.3, 0.4) is 0 Å². The van der Waals surface area contributed by atoms with Crippen LogP contribution in [0, 0.1) is 0 Å². The van der Waals surface area contributed by atoms with E-state index in [0.717, 1.165) is 0 Å². The molecule has 0 heterocycles. The molecule has 0 fully saturated rings. The molecule has 1 unspecified atom stereocenters. The molecular weight excluding hydrogens is 172 g/mol. The van der Waals surface area contributed by atoms with Gasteiger partial charge in [-0.15, -0.1) is 0 Å². The molecular formula is C9H16O4. The molecule has 13 heavy (non-hydrogen) atoms. The smallest absolute Gasteiger partial charge is 0.305 e. The standard InChI is InChI=1S/C9H16O4/c1-4-9(11)12-6-5-7(2)13-8(3)10/h7H,4-6H2,1-3H3. The molecule has 0 amide bonds. The molecule has 0 aliphatic heterocycles. The Bertz CT molecular complexity index is 176. The van der Waals surface area contributed by atoms with Gasteiger partial charge in [0.2, 0.25) is 0 Å². The van der Waals surface area contributed by atoms with Crippen molar-refractivity contribution in [2.75, 3.05) is 6.61 Å². The fourth-order valence-corrected chi connectivity index (χ4v) is 0.783. The predicted octanol–water partition coefficient (Wildman–Crippen LogP) is 1.28. The van der Waals surface area contributed by atoms with Crippen LogP contribution in [0.2, 0.25) is 0 Å². The Hall–Kier alpha value is -1.06. The molecule has 0 rings (SSSR count). The molecule has 4 heteroatoms. The lowest BCUT2D eigenvalue weighted by atomic mass is 10.3. The Labute approximate surface area is 78.2 Å². The normalized spacial score (nSPS) is 11.9. The van der Waals surface area contributed by atoms with Crippen molar-refractivity contribution in [2.24, 2.45) is 0 Å². The fraction of sp³-hybridized carbons (Fsp3) is 0.778. The maximum Gasteiger partial charge on any atom is 0.305 e. The van der Waals surface area contributed by atoms with Gasteiger partial charge in [0.15, 0.2) is 0 Å². The van der Waals surface area contributed by atoms with Crippen LogP contribution in [-0.4, -0.2) is 24.6 Å². The van der Waals surface area contributed by atoms with Gasteiger partial charge in [-0.1, -0.05) is 6.92 Å². The number of ether oxygens (including phenoxy) is 2. The van der Waals surface area contributed by atoms with Crippen LogP contribution in [0.25, 0.3) is 0 Å². The highest BCUT2D eigenvalue weighted by molar-refractivity contribution is 5.68. The summed E-state index contributed by atoms with van der Waals surface area (Å²) >= 11 is 0. The van der Waals surface area contributed by atoms with Crippen LogP contribution in [0.4, 0.5) is 0 Å². The summed E-state index contributed by atoms with van der Waals surface area (Å²) in [5.41, 5.74) is 0. The lowest BCUT2D eigenvalue weighted by Gasteiger charge is -2.11. The number of hydrogen-bond acceptors (Lipinski definition) is 4. The zero-order valence-electron chi connectivity index (χ0n) is 8.33. The lowest BCUT2D eigenvalue weighted by Crippen LogP contribution is -2.16. The topological polar surface area (TPSA) is 52.6 Å². The van der Waals surface area contributed by atoms with Crippen molar-refractivity contribution >= 4 is 11.9 Å². The van der Waals surface area contributed by atoms with E-state index in [9.17, 15) is 9.59 Å². The molecule has 0 radical (unpaired) electrons. The number of esters is 2. The van der Waals surface area contributed by atoms with E-state index < -0.39 is 0 Å². The number of hydrogen-bond donors (Lipinski definition) is 0. The number of carbonyl (C=O) groups is 2. The van der Waals surface area contributed by atoms with Crippen LogP contribution < -0.4 is 0 Å². The molecule has 0 aromatic carbocycles. The van der Waals surface area contributed by atoms with E-state index >= 15 is 0 Å². The van der Waals surface area contributed by atoms with Gasteiger partial charge in [-0.3, -0.25) is 9.59 Å². The third-order valence-electron chi connectivity index (χ3n) is 1.44. The van der Waals surface area contributed by atoms with Crippen molar-refractivity contribution in [1.82, 2.24) is 0 Å². The Kier molecular flexibility index (Phi) is 5.93. The molecule has 0 aliphatic carbocycles. The van der Waals surface area contributed by atoms with Crippen molar-refractivity contribution in [3.05, 3.63) is 0 Å². The summed E-state index contributed by atoms with van der Waals surface area (Å²) in [6.45, 7) is 5.16. The summed E-state index contributed by atoms with van der Waals surface area (Å²) in [5.74, 6) is -0.538. The minimum absolute atomic E-state index is 0.192. The first-order valence-corrected chi connectivity index (χ1v) is 4.39. The third-order valence-corrected chi connectivity index (χ3v) is 1.44. The second-order valence-corrected chi connectivity index (χ2v) is 2.78. The Balaban J connectivity index is 3.42. The minimum atomic E-state index is -0.311. The van der Waals surface area contributed by atoms with Gasteiger partial charge in [0, 0.05) is 19.8 Å². The summed E-state index contributed by atoms with van der Waals surface area (Å²) in [7, 11) is 0. The van der Waals surface area contributed by atoms with Gasteiger partial charge in [0.05, 0.1) is 6.61 Å². The number of carbonyl (C=O) groups excluding carboxylic acids is 2. The molecule has 1 atom stereocenters. The van der Waals surface area contributed by atoms with E-state index in [4.69, 9.17) is 9.47 Å². The quantitative estimate of drug-likeness (QED) is 0.610. The Morgan fingerprint density at radius 3 is 2.46 bits per heavy atom. The first-order valence-electron chi connectivity index (χ1n) is 4.39. The van der Waals surface area contributed by atoms with E-state index in [1.54, 1.807) is 13.8 Å². The molecule has 0 saturated carbocycles. The highest BCUT2D eigenvalue weighted by Crippen LogP contribution is 1.98. The van der Waals surface area contributed by atoms with Gasteiger partial charge in [-0.2, -0.15) is 0 Å². The van der Waals surface area contributed by atoms with Gasteiger partial charge in [0.1, 0.15) is 6.10 Å². The van der Waals surface area contributed by atoms with Crippen molar-refractivity contribution < 1.29 is 19.1 Å². The zero-order valence-corrected chi connectivity index (χ0v) is 8.33. The van der Waals surface area contributed by atoms with E-state index in [-0.39, 0.29) is 18.0 Å². The molecule has 0 spiro atoms. The molecule has 0 aliphatic rings. The predicted molar refractivity (Wildman–Crippen MR) is 47.1 cm³/mol. The SMILES string of the molecule is CCC(=O)OCCC(C)OC(C)=O. The molecule has 76 valence electrons. The molecule has 0 aromatic rings. The summed E-state index contributed by atoms with van der Waals surface area (Å²) in [4.78, 5) is 21.2. The summed E-state index contributed by atoms with van der Waals surface area (Å²) in [6, 6.07) is 0. The van der Waals surface area contributed by atoms with E-state index in [0.29, 0.717) is 19.4 Å². The maximum atomic E-state index is 10.7. The van der Waals surface area contributed by atoms with E-state index in [1.807, 2.05) is 0 Å². The van der Waals surface area contributed by atoms with Gasteiger partial charge in [0.25, 0.3) is 0 Å². The maximum absolute atomic E-state index is 10.7. The van der Waals surface area contributed by atoms with Crippen LogP contribution >= 0.6 is 0 Å². The largest absolute Gasteiger partial charge is 0.466 e. The van der Waals surface area contributed by atoms with E-state index in [1.165, 1.54) is 6.92 Å². The number of rotatable bonds is 5. The monoisotopic (exact) mass is 188 g/mol. The van der Waals surface area contributed by atoms with Crippen molar-refractivity contribution in [1.29, 1.82) is 0 Å². The Morgan fingerprint density at radius 1 is 1.38 bits per heavy atom. The second-order valence-electron chi connectivity index (χ2n) is 2.78. The lowest BCUT2D eigenvalue weighted by molar-refractivity contribution is -0.148. The van der Waals surface area contributed by atoms with Crippen molar-refractivity contribution in [3.63, 3.8) is 0 Å². The molecule has 0 aromatic heterocycles. The summed E-state index contributed by atoms with van der Waals surface area (Å²) in [6.07, 6.45) is 0.731. The molecule has 0 bridgehead atoms. The van der Waals surface area contributed by atoms with Gasteiger partial charge in [-0.05, 0) is 6.92 Å². The average molecular weight is 188 g/mol. The van der Waals surface area contributed by atoms with Gasteiger partial charge >= 0.3 is 11.9 Å². The third kappa shape index (κ3) is 7.31. The van der Waals surface area contributed by atoms with Crippen LogP contribution in [0.1, 0.15) is 33.6 Å². The highest BCUT2D eigenvalue weighted by Gasteiger charge is 2.06. The van der Waals surface area contributed by atoms with Gasteiger partial charge in [-0.25, -0.2) is 0 Å². The highest BCUT2D eigenvalue weighted by atomic mass is 16.6. The summed E-state index contributed by atoms with van der Waals surface area (Å²) in [5, 5.41) is 0. The minimum Gasteiger partial charge on any atom is -0.466 e. The summed E-state index contributed by atoms with van der Waals surface area (Å²) < 4.78 is 9.65. The van der Waals surface area contributed by atoms with Crippen LogP contribution in [-0.2, 0) is 19.1 Å². The molecule has 4 nitrogen and oxygen atoms in total. The van der Waals surface area contributed by atoms with Crippen LogP contribution in [0.5, 0.6) is 0 Å². The zero-order chi connectivity index (χ0) is 10.3. The molecule has 0 N–H and O–H groups in total. The molecule has 0 saturated heterocycles. The van der Waals surface area contributed by atoms with Crippen molar-refractivity contribution in [2.45, 2.75) is 39.7 Å². The van der Waals surface area contributed by atoms with Crippen molar-refractivity contribution in [3.8, 4) is 0 Å². The van der Waals surface area contributed by atoms with Gasteiger partial charge < -0.3 is 9.47 Å². The average Bonchev–Trinajstić information content (AvgIpc) is 2.02. The second kappa shape index (κ2) is 6.46. The first-order chi connectivity index (χ1) is 6.06. The first kappa shape index (κ1) is 11.9. The fourth-order valence-electron chi connectivity index (χ4n) is 0.783. The van der Waals surface area contributed by atoms with Crippen LogP contribution in [0.15, 0.2) is 0 Å². The Morgan fingerprint density at radius 2 is 2.00 bits per heavy atom.